The predicted octanol–water partition coefficient (Wildman–Crippen LogP) is 8.57. The van der Waals surface area contributed by atoms with Crippen LogP contribution >= 0.6 is 46.4 Å². The molecular formula is C51H64Cl4N10O4. The molecule has 3 amide bonds. The number of benzene rings is 2. The van der Waals surface area contributed by atoms with Gasteiger partial charge in [0.1, 0.15) is 17.7 Å². The Morgan fingerprint density at radius 2 is 1.12 bits per heavy atom. The Bertz CT molecular complexity index is 2380. The van der Waals surface area contributed by atoms with E-state index in [1.165, 1.54) is 43.9 Å². The number of hydrogen-bond donors (Lipinski definition) is 2. The number of urea groups is 1. The van der Waals surface area contributed by atoms with Crippen LogP contribution in [-0.4, -0.2) is 144 Å². The quantitative estimate of drug-likeness (QED) is 0.104. The van der Waals surface area contributed by atoms with Crippen LogP contribution in [0.1, 0.15) is 85.5 Å². The number of rotatable bonds is 12. The number of anilines is 2. The number of nitrogens with one attached hydrogen (secondary N) is 2. The van der Waals surface area contributed by atoms with E-state index in [0.717, 1.165) is 113 Å². The number of imide groups is 1. The summed E-state index contributed by atoms with van der Waals surface area (Å²) in [6.07, 6.45) is 10.1. The molecule has 0 spiro atoms. The van der Waals surface area contributed by atoms with Gasteiger partial charge in [0.2, 0.25) is 0 Å². The summed E-state index contributed by atoms with van der Waals surface area (Å²) < 4.78 is 4.77. The summed E-state index contributed by atoms with van der Waals surface area (Å²) in [6, 6.07) is 20.6. The van der Waals surface area contributed by atoms with Crippen molar-refractivity contribution in [1.29, 1.82) is 0 Å². The van der Waals surface area contributed by atoms with E-state index in [-0.39, 0.29) is 5.91 Å². The van der Waals surface area contributed by atoms with Gasteiger partial charge in [0.25, 0.3) is 5.91 Å². The number of esters is 1. The lowest BCUT2D eigenvalue weighted by Crippen LogP contribution is -2.58. The molecule has 69 heavy (non-hydrogen) atoms. The highest BCUT2D eigenvalue weighted by atomic mass is 35.5. The molecule has 0 saturated carbocycles. The molecule has 370 valence electrons. The fourth-order valence-corrected chi connectivity index (χ4v) is 11.5. The zero-order valence-electron chi connectivity index (χ0n) is 39.8. The number of likely N-dealkylation sites (tertiary alicyclic amines) is 2. The molecule has 0 aliphatic carbocycles. The Morgan fingerprint density at radius 1 is 0.652 bits per heavy atom. The number of ether oxygens (including phenoxy) is 1. The lowest BCUT2D eigenvalue weighted by molar-refractivity contribution is -0.120. The standard InChI is InChI=1S/C26H32Cl2N6O2.C25H32Cl2N4O2/c1-2-20-16-33(24-22(28)13-18(14-29-24)23-25(35)31-26(36)30-23)11-12-34(20)21-7-9-32(10-8-21)15-17-3-5-19(27)6-4-17;1-3-21-17-30(24-23(27)14-19(15-28-24)25(32)33-2)12-13-31(21)22-8-10-29(11-9-22)16-18-4-6-20(26)7-5-18/h3-6,13-14,20-21,23H,2,7-12,15-16H2,1H3,(H2,30,31,35,36);4-7,14-15,21-22H,3,8-13,16-17H2,1-2H3/t20-,23?;21-/m00/s1. The first-order chi connectivity index (χ1) is 33.4. The van der Waals surface area contributed by atoms with Crippen LogP contribution in [0.25, 0.3) is 0 Å². The third kappa shape index (κ3) is 12.8. The molecule has 5 aliphatic rings. The average molecular weight is 1020 g/mol. The number of pyridine rings is 2. The Hall–Kier alpha value is -4.25. The van der Waals surface area contributed by atoms with Crippen molar-refractivity contribution in [1.82, 2.24) is 40.2 Å². The van der Waals surface area contributed by atoms with E-state index in [1.807, 2.05) is 24.3 Å². The minimum atomic E-state index is -0.748. The summed E-state index contributed by atoms with van der Waals surface area (Å²) in [5.41, 5.74) is 3.59. The molecule has 1 unspecified atom stereocenters. The zero-order valence-corrected chi connectivity index (χ0v) is 42.8. The number of amides is 3. The van der Waals surface area contributed by atoms with Gasteiger partial charge in [-0.3, -0.25) is 29.7 Å². The summed E-state index contributed by atoms with van der Waals surface area (Å²) in [7, 11) is 1.36. The van der Waals surface area contributed by atoms with Crippen molar-refractivity contribution in [2.45, 2.75) is 95.7 Å². The molecule has 5 fully saturated rings. The maximum Gasteiger partial charge on any atom is 0.339 e. The van der Waals surface area contributed by atoms with Crippen LogP contribution in [0.3, 0.4) is 0 Å². The Labute approximate surface area is 426 Å². The van der Waals surface area contributed by atoms with Crippen LogP contribution in [0.5, 0.6) is 0 Å². The van der Waals surface area contributed by atoms with Gasteiger partial charge in [0, 0.05) is 105 Å². The maximum absolute atomic E-state index is 12.0. The van der Waals surface area contributed by atoms with Crippen molar-refractivity contribution in [2.24, 2.45) is 0 Å². The number of carbonyl (C=O) groups is 3. The van der Waals surface area contributed by atoms with E-state index >= 15 is 0 Å². The van der Waals surface area contributed by atoms with Crippen molar-refractivity contribution in [2.75, 3.05) is 82.4 Å². The number of piperazine rings is 2. The van der Waals surface area contributed by atoms with Crippen molar-refractivity contribution in [3.63, 3.8) is 0 Å². The molecule has 7 heterocycles. The molecule has 0 radical (unpaired) electrons. The second kappa shape index (κ2) is 23.8. The molecule has 5 saturated heterocycles. The molecule has 4 aromatic rings. The van der Waals surface area contributed by atoms with E-state index in [1.54, 1.807) is 24.5 Å². The number of carbonyl (C=O) groups excluding carboxylic acids is 3. The summed E-state index contributed by atoms with van der Waals surface area (Å²) in [4.78, 5) is 59.3. The van der Waals surface area contributed by atoms with Crippen molar-refractivity contribution < 1.29 is 19.1 Å². The predicted molar refractivity (Wildman–Crippen MR) is 275 cm³/mol. The molecule has 14 nitrogen and oxygen atoms in total. The van der Waals surface area contributed by atoms with Crippen LogP contribution in [0.4, 0.5) is 16.4 Å². The average Bonchev–Trinajstić information content (AvgIpc) is 3.72. The number of hydrogen-bond acceptors (Lipinski definition) is 12. The van der Waals surface area contributed by atoms with Crippen LogP contribution < -0.4 is 20.4 Å². The first-order valence-electron chi connectivity index (χ1n) is 24.3. The Kier molecular flexibility index (Phi) is 17.6. The molecule has 2 aromatic heterocycles. The van der Waals surface area contributed by atoms with Gasteiger partial charge in [0.05, 0.1) is 22.7 Å². The van der Waals surface area contributed by atoms with E-state index in [2.05, 4.69) is 88.1 Å². The molecule has 2 N–H and O–H groups in total. The minimum absolute atomic E-state index is 0.377. The van der Waals surface area contributed by atoms with E-state index in [0.29, 0.717) is 45.3 Å². The minimum Gasteiger partial charge on any atom is -0.465 e. The van der Waals surface area contributed by atoms with Gasteiger partial charge in [-0.2, -0.15) is 0 Å². The van der Waals surface area contributed by atoms with Gasteiger partial charge in [-0.1, -0.05) is 84.5 Å². The van der Waals surface area contributed by atoms with E-state index in [4.69, 9.17) is 51.1 Å². The normalized spacial score (nSPS) is 22.5. The van der Waals surface area contributed by atoms with Crippen LogP contribution in [0, 0.1) is 0 Å². The number of piperidine rings is 2. The smallest absolute Gasteiger partial charge is 0.339 e. The van der Waals surface area contributed by atoms with E-state index < -0.39 is 18.0 Å². The molecule has 18 heteroatoms. The summed E-state index contributed by atoms with van der Waals surface area (Å²) in [6.45, 7) is 16.4. The SMILES string of the molecule is CC[C@H]1CN(c2ncc(C(=O)OC)cc2Cl)CCN1C1CCN(Cc2ccc(Cl)cc2)CC1.CC[C@H]1CN(c2ncc(C3NC(=O)NC3=O)cc2Cl)CCN1C1CCN(Cc2ccc(Cl)cc2)CC1. The van der Waals surface area contributed by atoms with Crippen molar-refractivity contribution in [3.8, 4) is 0 Å². The zero-order chi connectivity index (χ0) is 48.6. The highest BCUT2D eigenvalue weighted by Gasteiger charge is 2.37. The van der Waals surface area contributed by atoms with Gasteiger partial charge in [-0.25, -0.2) is 19.6 Å². The number of aromatic nitrogens is 2. The van der Waals surface area contributed by atoms with Gasteiger partial charge in [-0.05, 0) is 112 Å². The number of halogens is 4. The third-order valence-corrected chi connectivity index (χ3v) is 15.5. The van der Waals surface area contributed by atoms with Gasteiger partial charge < -0.3 is 19.9 Å². The van der Waals surface area contributed by atoms with Crippen LogP contribution in [0.15, 0.2) is 73.1 Å². The number of methoxy groups -OCH3 is 1. The lowest BCUT2D eigenvalue weighted by atomic mass is 9.97. The first-order valence-corrected chi connectivity index (χ1v) is 25.9. The highest BCUT2D eigenvalue weighted by molar-refractivity contribution is 6.33. The largest absolute Gasteiger partial charge is 0.465 e. The van der Waals surface area contributed by atoms with Crippen LogP contribution in [0.2, 0.25) is 20.1 Å². The monoisotopic (exact) mass is 1020 g/mol. The van der Waals surface area contributed by atoms with E-state index in [9.17, 15) is 14.4 Å². The fourth-order valence-electron chi connectivity index (χ4n) is 10.7. The fraction of sp³-hybridized carbons (Fsp3) is 0.510. The summed E-state index contributed by atoms with van der Waals surface area (Å²) >= 11 is 25.2. The first kappa shape index (κ1) is 51.1. The Morgan fingerprint density at radius 3 is 1.52 bits per heavy atom. The highest BCUT2D eigenvalue weighted by Crippen LogP contribution is 2.33. The second-order valence-corrected chi connectivity index (χ2v) is 20.4. The Balaban J connectivity index is 0.000000187. The molecule has 0 bridgehead atoms. The molecule has 3 atom stereocenters. The molecule has 2 aromatic carbocycles. The lowest BCUT2D eigenvalue weighted by Gasteiger charge is -2.47. The topological polar surface area (TPSA) is 130 Å². The van der Waals surface area contributed by atoms with Crippen molar-refractivity contribution in [3.05, 3.63) is 115 Å². The second-order valence-electron chi connectivity index (χ2n) is 18.8. The van der Waals surface area contributed by atoms with Gasteiger partial charge in [-0.15, -0.1) is 0 Å². The molecule has 9 rings (SSSR count). The maximum atomic E-state index is 12.0. The van der Waals surface area contributed by atoms with Crippen LogP contribution in [-0.2, 0) is 22.6 Å². The summed E-state index contributed by atoms with van der Waals surface area (Å²) in [5, 5.41) is 7.41. The number of nitrogens with zero attached hydrogens (tertiary/aromatic N) is 8. The van der Waals surface area contributed by atoms with Gasteiger partial charge in [0.15, 0.2) is 0 Å². The molecular weight excluding hydrogens is 958 g/mol. The molecule has 5 aliphatic heterocycles. The van der Waals surface area contributed by atoms with Crippen molar-refractivity contribution >= 4 is 75.9 Å². The third-order valence-electron chi connectivity index (χ3n) is 14.5. The van der Waals surface area contributed by atoms with Gasteiger partial charge >= 0.3 is 12.0 Å². The summed E-state index contributed by atoms with van der Waals surface area (Å²) in [5.74, 6) is 0.681.